The van der Waals surface area contributed by atoms with Crippen molar-refractivity contribution in [1.82, 2.24) is 14.8 Å². The first-order valence-corrected chi connectivity index (χ1v) is 9.96. The summed E-state index contributed by atoms with van der Waals surface area (Å²) in [6.45, 7) is 10.6. The minimum Gasteiger partial charge on any atom is -0.354 e. The van der Waals surface area contributed by atoms with Crippen LogP contribution >= 0.6 is 0 Å². The zero-order valence-corrected chi connectivity index (χ0v) is 16.7. The lowest BCUT2D eigenvalue weighted by Crippen LogP contribution is -2.56. The van der Waals surface area contributed by atoms with Crippen molar-refractivity contribution in [2.24, 2.45) is 11.8 Å². The van der Waals surface area contributed by atoms with Gasteiger partial charge in [0.2, 0.25) is 5.91 Å². The van der Waals surface area contributed by atoms with E-state index < -0.39 is 11.7 Å². The smallest absolute Gasteiger partial charge is 0.354 e. The summed E-state index contributed by atoms with van der Waals surface area (Å²) in [4.78, 5) is 23.0. The minimum absolute atomic E-state index is 0.180. The Labute approximate surface area is 164 Å². The summed E-state index contributed by atoms with van der Waals surface area (Å²) >= 11 is 0. The highest BCUT2D eigenvalue weighted by molar-refractivity contribution is 5.81. The predicted molar refractivity (Wildman–Crippen MR) is 102 cm³/mol. The van der Waals surface area contributed by atoms with Gasteiger partial charge in [-0.1, -0.05) is 13.8 Å². The highest BCUT2D eigenvalue weighted by atomic mass is 19.4. The van der Waals surface area contributed by atoms with Crippen LogP contribution in [-0.2, 0) is 11.0 Å². The summed E-state index contributed by atoms with van der Waals surface area (Å²) < 4.78 is 38.0. The molecule has 0 aliphatic carbocycles. The Morgan fingerprint density at radius 3 is 2.21 bits per heavy atom. The Kier molecular flexibility index (Phi) is 6.17. The number of carbonyl (C=O) groups is 1. The predicted octanol–water partition coefficient (Wildman–Crippen LogP) is 3.12. The molecule has 0 spiro atoms. The van der Waals surface area contributed by atoms with Crippen molar-refractivity contribution >= 4 is 11.7 Å². The zero-order valence-electron chi connectivity index (χ0n) is 16.7. The van der Waals surface area contributed by atoms with E-state index in [4.69, 9.17) is 0 Å². The molecule has 0 radical (unpaired) electrons. The molecule has 8 heteroatoms. The fraction of sp³-hybridized carbons (Fsp3) is 0.700. The summed E-state index contributed by atoms with van der Waals surface area (Å²) in [5.74, 6) is 1.79. The van der Waals surface area contributed by atoms with Crippen LogP contribution < -0.4 is 4.90 Å². The highest BCUT2D eigenvalue weighted by Gasteiger charge is 2.33. The number of likely N-dealkylation sites (tertiary alicyclic amines) is 1. The number of halogens is 3. The van der Waals surface area contributed by atoms with Crippen LogP contribution in [0.1, 0.15) is 32.8 Å². The molecule has 3 atom stereocenters. The summed E-state index contributed by atoms with van der Waals surface area (Å²) in [6.07, 6.45) is -2.33. The molecular weight excluding hydrogens is 369 g/mol. The van der Waals surface area contributed by atoms with Gasteiger partial charge in [0.15, 0.2) is 0 Å². The summed E-state index contributed by atoms with van der Waals surface area (Å²) in [5, 5.41) is 0. The third kappa shape index (κ3) is 4.77. The Bertz CT molecular complexity index is 661. The number of nitrogens with zero attached hydrogens (tertiary/aromatic N) is 4. The Balaban J connectivity index is 1.55. The van der Waals surface area contributed by atoms with Crippen molar-refractivity contribution in [1.29, 1.82) is 0 Å². The molecule has 2 aliphatic heterocycles. The van der Waals surface area contributed by atoms with E-state index in [-0.39, 0.29) is 11.9 Å². The lowest BCUT2D eigenvalue weighted by Gasteiger charge is -2.41. The van der Waals surface area contributed by atoms with Gasteiger partial charge in [-0.15, -0.1) is 0 Å². The number of rotatable bonds is 3. The maximum absolute atomic E-state index is 12.9. The van der Waals surface area contributed by atoms with Crippen LogP contribution in [0.25, 0.3) is 0 Å². The van der Waals surface area contributed by atoms with Crippen molar-refractivity contribution in [3.8, 4) is 0 Å². The van der Waals surface area contributed by atoms with Crippen molar-refractivity contribution in [3.63, 3.8) is 0 Å². The molecule has 1 aromatic heterocycles. The number of amides is 1. The maximum atomic E-state index is 12.9. The maximum Gasteiger partial charge on any atom is 0.417 e. The van der Waals surface area contributed by atoms with Gasteiger partial charge >= 0.3 is 6.18 Å². The van der Waals surface area contributed by atoms with Crippen LogP contribution in [0, 0.1) is 11.8 Å². The molecule has 0 bridgehead atoms. The van der Waals surface area contributed by atoms with Gasteiger partial charge in [-0.2, -0.15) is 13.2 Å². The lowest BCUT2D eigenvalue weighted by molar-refractivity contribution is -0.139. The molecule has 3 rings (SSSR count). The molecule has 2 aliphatic rings. The summed E-state index contributed by atoms with van der Waals surface area (Å²) in [7, 11) is 0. The van der Waals surface area contributed by atoms with Crippen LogP contribution in [0.15, 0.2) is 18.3 Å². The number of anilines is 1. The Morgan fingerprint density at radius 1 is 1.11 bits per heavy atom. The van der Waals surface area contributed by atoms with Crippen molar-refractivity contribution in [2.75, 3.05) is 44.2 Å². The first-order chi connectivity index (χ1) is 13.1. The molecule has 1 amide bonds. The number of piperidine rings is 1. The van der Waals surface area contributed by atoms with E-state index in [1.165, 1.54) is 6.07 Å². The highest BCUT2D eigenvalue weighted by Crippen LogP contribution is 2.29. The third-order valence-electron chi connectivity index (χ3n) is 5.80. The molecule has 0 N–H and O–H groups in total. The molecule has 0 unspecified atom stereocenters. The minimum atomic E-state index is -4.37. The zero-order chi connectivity index (χ0) is 20.5. The first kappa shape index (κ1) is 20.9. The number of carbonyl (C=O) groups excluding carboxylic acids is 1. The van der Waals surface area contributed by atoms with Crippen LogP contribution in [0.5, 0.6) is 0 Å². The molecule has 0 aromatic carbocycles. The van der Waals surface area contributed by atoms with Gasteiger partial charge < -0.3 is 9.80 Å². The van der Waals surface area contributed by atoms with Crippen molar-refractivity contribution < 1.29 is 18.0 Å². The normalized spacial score (nSPS) is 25.6. The molecule has 5 nitrogen and oxygen atoms in total. The molecule has 2 saturated heterocycles. The molecule has 156 valence electrons. The number of piperazine rings is 1. The second-order valence-electron chi connectivity index (χ2n) is 8.29. The Morgan fingerprint density at radius 2 is 1.71 bits per heavy atom. The quantitative estimate of drug-likeness (QED) is 0.785. The van der Waals surface area contributed by atoms with Crippen LogP contribution in [0.3, 0.4) is 0 Å². The van der Waals surface area contributed by atoms with E-state index in [9.17, 15) is 18.0 Å². The van der Waals surface area contributed by atoms with E-state index in [2.05, 4.69) is 23.7 Å². The summed E-state index contributed by atoms with van der Waals surface area (Å²) in [5.41, 5.74) is -0.737. The monoisotopic (exact) mass is 398 g/mol. The number of hydrogen-bond acceptors (Lipinski definition) is 4. The van der Waals surface area contributed by atoms with Gasteiger partial charge in [-0.3, -0.25) is 9.69 Å². The molecule has 0 saturated carbocycles. The second kappa shape index (κ2) is 8.27. The van der Waals surface area contributed by atoms with Crippen LogP contribution in [0.2, 0.25) is 0 Å². The van der Waals surface area contributed by atoms with Gasteiger partial charge in [0.25, 0.3) is 0 Å². The molecular formula is C20H29F3N4O. The lowest BCUT2D eigenvalue weighted by atomic mass is 9.91. The first-order valence-electron chi connectivity index (χ1n) is 9.96. The van der Waals surface area contributed by atoms with E-state index in [1.54, 1.807) is 0 Å². The van der Waals surface area contributed by atoms with Crippen LogP contribution in [0.4, 0.5) is 19.0 Å². The molecule has 28 heavy (non-hydrogen) atoms. The van der Waals surface area contributed by atoms with Gasteiger partial charge in [-0.25, -0.2) is 4.98 Å². The average molecular weight is 398 g/mol. The van der Waals surface area contributed by atoms with Gasteiger partial charge in [0.1, 0.15) is 5.82 Å². The number of alkyl halides is 3. The molecule has 2 fully saturated rings. The molecule has 1 aromatic rings. The van der Waals surface area contributed by atoms with E-state index in [0.717, 1.165) is 31.8 Å². The topological polar surface area (TPSA) is 39.7 Å². The largest absolute Gasteiger partial charge is 0.417 e. The van der Waals surface area contributed by atoms with Gasteiger partial charge in [0, 0.05) is 45.5 Å². The SMILES string of the molecule is C[C@@H]1C[C@@H](C)CN(C(=O)[C@H](C)N2CCN(c3ccc(C(F)(F)F)cn3)CC2)C1. The average Bonchev–Trinajstić information content (AvgIpc) is 2.65. The number of pyridine rings is 1. The van der Waals surface area contributed by atoms with E-state index in [1.807, 2.05) is 16.7 Å². The number of aromatic nitrogens is 1. The van der Waals surface area contributed by atoms with Gasteiger partial charge in [-0.05, 0) is 37.3 Å². The fourth-order valence-corrected chi connectivity index (χ4v) is 4.34. The van der Waals surface area contributed by atoms with E-state index in [0.29, 0.717) is 43.8 Å². The second-order valence-corrected chi connectivity index (χ2v) is 8.29. The van der Waals surface area contributed by atoms with Crippen molar-refractivity contribution in [2.45, 2.75) is 39.4 Å². The Hall–Kier alpha value is -1.83. The van der Waals surface area contributed by atoms with E-state index >= 15 is 0 Å². The number of hydrogen-bond donors (Lipinski definition) is 0. The summed E-state index contributed by atoms with van der Waals surface area (Å²) in [6, 6.07) is 2.31. The van der Waals surface area contributed by atoms with Crippen LogP contribution in [-0.4, -0.2) is 66.0 Å². The third-order valence-corrected chi connectivity index (χ3v) is 5.80. The van der Waals surface area contributed by atoms with Gasteiger partial charge in [0.05, 0.1) is 11.6 Å². The fourth-order valence-electron chi connectivity index (χ4n) is 4.34. The molecule has 3 heterocycles. The standard InChI is InChI=1S/C20H29F3N4O/c1-14-10-15(2)13-27(12-14)19(28)16(3)25-6-8-26(9-7-25)18-5-4-17(11-24-18)20(21,22)23/h4-5,11,14-16H,6-10,12-13H2,1-3H3/t14-,15-,16+/m1/s1. The van der Waals surface area contributed by atoms with Crippen molar-refractivity contribution in [3.05, 3.63) is 23.9 Å².